The fourth-order valence-electron chi connectivity index (χ4n) is 7.34. The highest BCUT2D eigenvalue weighted by atomic mass is 31.1. The number of rotatable bonds is 12. The number of allylic oxidation sites excluding steroid dienone is 1. The molecule has 0 amide bonds. The first-order chi connectivity index (χ1) is 22.0. The molecule has 5 nitrogen and oxygen atoms in total. The molecule has 0 saturated carbocycles. The molecule has 3 aromatic rings. The molecule has 0 spiro atoms. The van der Waals surface area contributed by atoms with Crippen molar-refractivity contribution in [2.45, 2.75) is 66.9 Å². The molecule has 3 aromatic carbocycles. The van der Waals surface area contributed by atoms with E-state index in [-0.39, 0.29) is 29.4 Å². The number of esters is 1. The summed E-state index contributed by atoms with van der Waals surface area (Å²) >= 11 is 0. The van der Waals surface area contributed by atoms with E-state index in [1.165, 1.54) is 12.1 Å². The number of carbonyl (C=O) groups excluding carboxylic acids is 1. The molecule has 4 rings (SSSR count). The topological polar surface area (TPSA) is 61.8 Å². The summed E-state index contributed by atoms with van der Waals surface area (Å²) in [5.41, 5.74) is 1.91. The van der Waals surface area contributed by atoms with Crippen molar-refractivity contribution < 1.29 is 27.4 Å². The molecular weight excluding hydrogens is 626 g/mol. The summed E-state index contributed by atoms with van der Waals surface area (Å²) in [6.45, 7) is 19.2. The summed E-state index contributed by atoms with van der Waals surface area (Å²) in [6.07, 6.45) is 1.72. The summed E-state index contributed by atoms with van der Waals surface area (Å²) < 4.78 is 45.7. The zero-order valence-corrected chi connectivity index (χ0v) is 30.5. The van der Waals surface area contributed by atoms with Crippen molar-refractivity contribution in [1.82, 2.24) is 0 Å². The monoisotopic (exact) mass is 672 g/mol. The summed E-state index contributed by atoms with van der Waals surface area (Å²) in [4.78, 5) is 14.2. The highest BCUT2D eigenvalue weighted by Crippen LogP contribution is 2.54. The average molecular weight is 673 g/mol. The molecule has 0 fully saturated rings. The quantitative estimate of drug-likeness (QED) is 0.0830. The van der Waals surface area contributed by atoms with Crippen LogP contribution in [0.25, 0.3) is 5.57 Å². The predicted octanol–water partition coefficient (Wildman–Crippen LogP) is 10.0. The van der Waals surface area contributed by atoms with Crippen LogP contribution in [0.15, 0.2) is 103 Å². The van der Waals surface area contributed by atoms with Gasteiger partial charge in [-0.15, -0.1) is 4.52 Å². The number of benzene rings is 3. The molecule has 1 aliphatic carbocycles. The van der Waals surface area contributed by atoms with Gasteiger partial charge in [0.15, 0.2) is 11.8 Å². The Labute approximate surface area is 284 Å². The third kappa shape index (κ3) is 8.44. The van der Waals surface area contributed by atoms with Crippen LogP contribution in [0.3, 0.4) is 0 Å². The molecule has 0 N–H and O–H groups in total. The molecular formula is C39H46FO5PSi+. The maximum atomic E-state index is 14.2. The molecule has 247 valence electrons. The number of carbonyl (C=O) groups is 1. The maximum absolute atomic E-state index is 14.2. The molecule has 3 radical (unpaired) electrons. The number of hydrogen-bond donors (Lipinski definition) is 0. The summed E-state index contributed by atoms with van der Waals surface area (Å²) in [5, 5.41) is 0. The van der Waals surface area contributed by atoms with Crippen LogP contribution in [0, 0.1) is 28.0 Å². The Balaban J connectivity index is 1.66. The van der Waals surface area contributed by atoms with E-state index in [2.05, 4.69) is 44.8 Å². The lowest BCUT2D eigenvalue weighted by Crippen LogP contribution is -2.53. The Bertz CT molecular complexity index is 1610. The second-order valence-corrected chi connectivity index (χ2v) is 16.5. The fourth-order valence-corrected chi connectivity index (χ4v) is 9.19. The number of ether oxygens (including phenoxy) is 1. The van der Waals surface area contributed by atoms with Gasteiger partial charge in [-0.25, -0.2) is 9.18 Å². The van der Waals surface area contributed by atoms with E-state index < -0.39 is 30.9 Å². The SMILES string of the molecule is C=C(CO[P+](=O)CC(C(C)(C)C)C(O[Si])(C(=O)Oc1ccccc1)c1ccccc1)C1=C(c2ccc(F)cc2)CC(C)(C)CC1(C)C. The van der Waals surface area contributed by atoms with Crippen LogP contribution >= 0.6 is 8.03 Å². The van der Waals surface area contributed by atoms with Crippen molar-refractivity contribution in [3.05, 3.63) is 120 Å². The van der Waals surface area contributed by atoms with Gasteiger partial charge in [0.2, 0.25) is 10.5 Å². The third-order valence-corrected chi connectivity index (χ3v) is 10.4. The van der Waals surface area contributed by atoms with Gasteiger partial charge < -0.3 is 9.16 Å². The van der Waals surface area contributed by atoms with Gasteiger partial charge in [-0.05, 0) is 85.8 Å². The Morgan fingerprint density at radius 1 is 0.957 bits per heavy atom. The van der Waals surface area contributed by atoms with Crippen molar-refractivity contribution in [3.8, 4) is 5.75 Å². The van der Waals surface area contributed by atoms with Crippen LogP contribution in [0.1, 0.15) is 72.4 Å². The largest absolute Gasteiger partial charge is 0.508 e. The molecule has 47 heavy (non-hydrogen) atoms. The molecule has 0 aliphatic heterocycles. The van der Waals surface area contributed by atoms with E-state index in [1.54, 1.807) is 36.4 Å². The normalized spacial score (nSPS) is 18.2. The van der Waals surface area contributed by atoms with Crippen LogP contribution < -0.4 is 4.74 Å². The Morgan fingerprint density at radius 3 is 2.09 bits per heavy atom. The first-order valence-electron chi connectivity index (χ1n) is 15.9. The minimum atomic E-state index is -2.30. The Morgan fingerprint density at radius 2 is 1.53 bits per heavy atom. The van der Waals surface area contributed by atoms with E-state index in [9.17, 15) is 13.8 Å². The Kier molecular flexibility index (Phi) is 11.3. The van der Waals surface area contributed by atoms with Gasteiger partial charge >= 0.3 is 14.0 Å². The van der Waals surface area contributed by atoms with Crippen LogP contribution in [0.2, 0.25) is 0 Å². The Hall–Kier alpha value is -3.22. The number of para-hydroxylation sites is 1. The van der Waals surface area contributed by atoms with E-state index in [0.29, 0.717) is 11.3 Å². The summed E-state index contributed by atoms with van der Waals surface area (Å²) in [5.74, 6) is -1.21. The maximum Gasteiger partial charge on any atom is 0.508 e. The van der Waals surface area contributed by atoms with E-state index in [4.69, 9.17) is 13.7 Å². The first-order valence-corrected chi connectivity index (χ1v) is 17.7. The van der Waals surface area contributed by atoms with Crippen LogP contribution in [-0.4, -0.2) is 29.2 Å². The zero-order valence-electron chi connectivity index (χ0n) is 28.6. The molecule has 3 unspecified atom stereocenters. The number of hydrogen-bond acceptors (Lipinski definition) is 5. The van der Waals surface area contributed by atoms with Crippen molar-refractivity contribution in [3.63, 3.8) is 0 Å². The standard InChI is InChI=1S/C39H46FO5PSi/c1-27(34-32(28-19-21-30(40)22-20-28)23-37(5,6)26-38(34,7)8)24-43-46(42)25-33(36(2,3)4)39(45-47,29-15-11-9-12-16-29)35(41)44-31-17-13-10-14-18-31/h9-22,33H,1,23-26H2,2-8H3/q+1. The summed E-state index contributed by atoms with van der Waals surface area (Å²) in [6, 6.07) is 24.5. The van der Waals surface area contributed by atoms with Gasteiger partial charge in [-0.1, -0.05) is 116 Å². The van der Waals surface area contributed by atoms with Gasteiger partial charge in [0, 0.05) is 0 Å². The predicted molar refractivity (Wildman–Crippen MR) is 188 cm³/mol. The molecule has 0 bridgehead atoms. The number of halogens is 1. The lowest BCUT2D eigenvalue weighted by molar-refractivity contribution is -0.162. The molecule has 8 heteroatoms. The average Bonchev–Trinajstić information content (AvgIpc) is 2.99. The van der Waals surface area contributed by atoms with Crippen molar-refractivity contribution in [1.29, 1.82) is 0 Å². The second kappa shape index (κ2) is 14.5. The van der Waals surface area contributed by atoms with E-state index in [1.807, 2.05) is 57.2 Å². The second-order valence-electron chi connectivity index (χ2n) is 15.0. The lowest BCUT2D eigenvalue weighted by atomic mass is 9.60. The molecule has 0 aromatic heterocycles. The van der Waals surface area contributed by atoms with Crippen molar-refractivity contribution in [2.24, 2.45) is 22.2 Å². The molecule has 0 heterocycles. The van der Waals surface area contributed by atoms with Crippen molar-refractivity contribution in [2.75, 3.05) is 12.8 Å². The third-order valence-electron chi connectivity index (χ3n) is 8.97. The summed E-state index contributed by atoms with van der Waals surface area (Å²) in [7, 11) is 0.962. The van der Waals surface area contributed by atoms with Gasteiger partial charge in [-0.3, -0.25) is 0 Å². The van der Waals surface area contributed by atoms with E-state index >= 15 is 0 Å². The van der Waals surface area contributed by atoms with Gasteiger partial charge in [0.05, 0.1) is 5.92 Å². The van der Waals surface area contributed by atoms with Gasteiger partial charge in [-0.2, -0.15) is 0 Å². The van der Waals surface area contributed by atoms with Crippen molar-refractivity contribution >= 4 is 30.1 Å². The minimum Gasteiger partial charge on any atom is -0.424 e. The highest BCUT2D eigenvalue weighted by Gasteiger charge is 2.57. The van der Waals surface area contributed by atoms with Crippen LogP contribution in [0.4, 0.5) is 4.39 Å². The van der Waals surface area contributed by atoms with Gasteiger partial charge in [0.25, 0.3) is 0 Å². The fraction of sp³-hybridized carbons (Fsp3) is 0.410. The molecule has 3 atom stereocenters. The van der Waals surface area contributed by atoms with Gasteiger partial charge in [0.1, 0.15) is 18.2 Å². The lowest BCUT2D eigenvalue weighted by Gasteiger charge is -2.44. The smallest absolute Gasteiger partial charge is 0.424 e. The van der Waals surface area contributed by atoms with Crippen LogP contribution in [0.5, 0.6) is 5.75 Å². The van der Waals surface area contributed by atoms with E-state index in [0.717, 1.165) is 35.1 Å². The zero-order chi connectivity index (χ0) is 34.6. The molecule has 0 saturated heterocycles. The van der Waals surface area contributed by atoms with Crippen LogP contribution in [-0.2, 0) is 23.9 Å². The first kappa shape index (κ1) is 36.6. The minimum absolute atomic E-state index is 0.00959. The highest BCUT2D eigenvalue weighted by molar-refractivity contribution is 7.39. The molecule has 1 aliphatic rings.